The third-order valence-corrected chi connectivity index (χ3v) is 6.65. The molecule has 1 aromatic heterocycles. The molecule has 25 heavy (non-hydrogen) atoms. The highest BCUT2D eigenvalue weighted by Crippen LogP contribution is 2.33. The van der Waals surface area contributed by atoms with Crippen LogP contribution in [0.4, 0.5) is 5.13 Å². The van der Waals surface area contributed by atoms with Gasteiger partial charge in [-0.1, -0.05) is 12.8 Å². The predicted octanol–water partition coefficient (Wildman–Crippen LogP) is 2.86. The molecular weight excluding hydrogens is 379 g/mol. The monoisotopic (exact) mass is 406 g/mol. The second kappa shape index (κ2) is 8.89. The van der Waals surface area contributed by atoms with E-state index in [9.17, 15) is 4.79 Å². The topological polar surface area (TPSA) is 48.5 Å². The maximum Gasteiger partial charge on any atom is 0.239 e. The molecule has 142 valence electrons. The molecule has 1 N–H and O–H groups in total. The Morgan fingerprint density at radius 3 is 2.56 bits per heavy atom. The largest absolute Gasteiger partial charge is 0.345 e. The third-order valence-electron chi connectivity index (χ3n) is 5.63. The second-order valence-corrected chi connectivity index (χ2v) is 8.03. The molecule has 0 bridgehead atoms. The average molecular weight is 407 g/mol. The number of hydrogen-bond donors (Lipinski definition) is 1. The maximum atomic E-state index is 12.8. The zero-order chi connectivity index (χ0) is 15.8. The highest BCUT2D eigenvalue weighted by atomic mass is 35.5. The summed E-state index contributed by atoms with van der Waals surface area (Å²) in [5, 5.41) is 6.81. The number of nitrogens with one attached hydrogen (secondary N) is 1. The molecule has 3 atom stereocenters. The summed E-state index contributed by atoms with van der Waals surface area (Å²) in [6.07, 6.45) is 6.27. The van der Waals surface area contributed by atoms with Crippen LogP contribution in [0.1, 0.15) is 37.8 Å². The van der Waals surface area contributed by atoms with Gasteiger partial charge in [0.05, 0.1) is 11.7 Å². The van der Waals surface area contributed by atoms with Crippen molar-refractivity contribution >= 4 is 47.2 Å². The molecule has 8 heteroatoms. The first-order valence-electron chi connectivity index (χ1n) is 8.92. The molecule has 2 aliphatic heterocycles. The maximum absolute atomic E-state index is 12.8. The van der Waals surface area contributed by atoms with Gasteiger partial charge in [-0.25, -0.2) is 4.98 Å². The summed E-state index contributed by atoms with van der Waals surface area (Å²) in [6.45, 7) is 5.48. The van der Waals surface area contributed by atoms with Crippen LogP contribution in [0.3, 0.4) is 0 Å². The molecule has 0 radical (unpaired) electrons. The Hall–Kier alpha value is -0.560. The number of piperazine rings is 1. The van der Waals surface area contributed by atoms with E-state index in [4.69, 9.17) is 0 Å². The van der Waals surface area contributed by atoms with E-state index < -0.39 is 0 Å². The van der Waals surface area contributed by atoms with E-state index in [0.29, 0.717) is 11.9 Å². The Morgan fingerprint density at radius 1 is 1.20 bits per heavy atom. The lowest BCUT2D eigenvalue weighted by atomic mass is 9.85. The van der Waals surface area contributed by atoms with Crippen LogP contribution >= 0.6 is 36.2 Å². The number of amides is 1. The van der Waals surface area contributed by atoms with E-state index in [1.54, 1.807) is 11.3 Å². The van der Waals surface area contributed by atoms with E-state index >= 15 is 0 Å². The van der Waals surface area contributed by atoms with Crippen molar-refractivity contribution in [3.05, 3.63) is 11.1 Å². The molecule has 4 rings (SSSR count). The summed E-state index contributed by atoms with van der Waals surface area (Å²) >= 11 is 1.70. The molecule has 1 amide bonds. The number of carbonyl (C=O) groups is 1. The van der Waals surface area contributed by atoms with Crippen molar-refractivity contribution in [1.82, 2.24) is 15.2 Å². The van der Waals surface area contributed by atoms with Gasteiger partial charge >= 0.3 is 0 Å². The smallest absolute Gasteiger partial charge is 0.239 e. The Labute approximate surface area is 166 Å². The van der Waals surface area contributed by atoms with Crippen molar-refractivity contribution in [2.45, 2.75) is 51.1 Å². The number of thiazole rings is 1. The van der Waals surface area contributed by atoms with Crippen molar-refractivity contribution in [3.63, 3.8) is 0 Å². The fourth-order valence-corrected chi connectivity index (χ4v) is 5.19. The molecule has 1 aromatic rings. The number of rotatable bonds is 2. The molecule has 5 nitrogen and oxygen atoms in total. The summed E-state index contributed by atoms with van der Waals surface area (Å²) in [4.78, 5) is 21.8. The van der Waals surface area contributed by atoms with Crippen molar-refractivity contribution in [2.24, 2.45) is 5.92 Å². The van der Waals surface area contributed by atoms with Gasteiger partial charge < -0.3 is 15.1 Å². The number of aromatic nitrogens is 1. The first-order chi connectivity index (χ1) is 11.2. The van der Waals surface area contributed by atoms with Crippen LogP contribution in [0.2, 0.25) is 0 Å². The number of anilines is 1. The molecule has 1 aliphatic carbocycles. The molecule has 2 saturated heterocycles. The van der Waals surface area contributed by atoms with Gasteiger partial charge in [-0.15, -0.1) is 36.2 Å². The van der Waals surface area contributed by atoms with Crippen LogP contribution in [-0.4, -0.2) is 54.1 Å². The summed E-state index contributed by atoms with van der Waals surface area (Å²) < 4.78 is 0. The second-order valence-electron chi connectivity index (χ2n) is 7.19. The Kier molecular flexibility index (Phi) is 7.38. The Balaban J connectivity index is 0.00000113. The van der Waals surface area contributed by atoms with Crippen molar-refractivity contribution < 1.29 is 4.79 Å². The highest BCUT2D eigenvalue weighted by molar-refractivity contribution is 7.13. The lowest BCUT2D eigenvalue weighted by molar-refractivity contribution is -0.133. The van der Waals surface area contributed by atoms with Crippen LogP contribution in [0.5, 0.6) is 0 Å². The lowest BCUT2D eigenvalue weighted by Gasteiger charge is -2.35. The molecule has 1 saturated carbocycles. The van der Waals surface area contributed by atoms with Crippen LogP contribution in [0, 0.1) is 12.8 Å². The minimum atomic E-state index is 0. The minimum absolute atomic E-state index is 0. The minimum Gasteiger partial charge on any atom is -0.345 e. The van der Waals surface area contributed by atoms with Crippen LogP contribution in [0.25, 0.3) is 0 Å². The van der Waals surface area contributed by atoms with Crippen LogP contribution in [0.15, 0.2) is 5.38 Å². The first-order valence-corrected chi connectivity index (χ1v) is 9.80. The standard InChI is InChI=1S/C17H26N4OS.2ClH/c1-12-11-23-17(18-12)21-8-6-20(7-9-21)16(22)15-10-13-4-2-3-5-14(13)19-15;;/h11,13-15,19H,2-10H2,1H3;2*1H. The van der Waals surface area contributed by atoms with Crippen LogP contribution in [-0.2, 0) is 4.79 Å². The fraction of sp³-hybridized carbons (Fsp3) is 0.765. The summed E-state index contributed by atoms with van der Waals surface area (Å²) in [5.41, 5.74) is 1.08. The number of nitrogens with zero attached hydrogens (tertiary/aromatic N) is 3. The summed E-state index contributed by atoms with van der Waals surface area (Å²) in [6, 6.07) is 0.661. The number of carbonyl (C=O) groups excluding carboxylic acids is 1. The quantitative estimate of drug-likeness (QED) is 0.819. The first kappa shape index (κ1) is 20.7. The van der Waals surface area contributed by atoms with Crippen molar-refractivity contribution in [1.29, 1.82) is 0 Å². The van der Waals surface area contributed by atoms with Gasteiger partial charge in [-0.2, -0.15) is 0 Å². The van der Waals surface area contributed by atoms with E-state index in [-0.39, 0.29) is 30.9 Å². The van der Waals surface area contributed by atoms with Gasteiger partial charge in [-0.05, 0) is 32.1 Å². The van der Waals surface area contributed by atoms with E-state index in [2.05, 4.69) is 25.5 Å². The third kappa shape index (κ3) is 4.41. The van der Waals surface area contributed by atoms with Crippen molar-refractivity contribution in [3.8, 4) is 0 Å². The Morgan fingerprint density at radius 2 is 1.92 bits per heavy atom. The number of fused-ring (bicyclic) bond motifs is 1. The molecular formula is C17H28Cl2N4OS. The lowest BCUT2D eigenvalue weighted by Crippen LogP contribution is -2.53. The molecule has 3 unspecified atom stereocenters. The SMILES string of the molecule is Cc1csc(N2CCN(C(=O)C3CC4CCCCC4N3)CC2)n1.Cl.Cl. The zero-order valence-electron chi connectivity index (χ0n) is 14.6. The van der Waals surface area contributed by atoms with Crippen molar-refractivity contribution in [2.75, 3.05) is 31.1 Å². The Bertz CT molecular complexity index is 563. The molecule has 3 fully saturated rings. The van der Waals surface area contributed by atoms with Gasteiger partial charge in [0.15, 0.2) is 5.13 Å². The number of halogens is 2. The normalized spacial score (nSPS) is 28.8. The number of hydrogen-bond acceptors (Lipinski definition) is 5. The van der Waals surface area contributed by atoms with Gasteiger partial charge in [-0.3, -0.25) is 4.79 Å². The van der Waals surface area contributed by atoms with Gasteiger partial charge in [0, 0.05) is 37.6 Å². The number of aryl methyl sites for hydroxylation is 1. The van der Waals surface area contributed by atoms with E-state index in [1.165, 1.54) is 25.7 Å². The van der Waals surface area contributed by atoms with Gasteiger partial charge in [0.2, 0.25) is 5.91 Å². The molecule has 3 heterocycles. The molecule has 0 spiro atoms. The molecule has 3 aliphatic rings. The van der Waals surface area contributed by atoms with E-state index in [1.807, 2.05) is 6.92 Å². The van der Waals surface area contributed by atoms with Gasteiger partial charge in [0.1, 0.15) is 0 Å². The van der Waals surface area contributed by atoms with Crippen LogP contribution < -0.4 is 10.2 Å². The zero-order valence-corrected chi connectivity index (χ0v) is 17.1. The average Bonchev–Trinajstić information content (AvgIpc) is 3.20. The summed E-state index contributed by atoms with van der Waals surface area (Å²) in [7, 11) is 0. The van der Waals surface area contributed by atoms with Gasteiger partial charge in [0.25, 0.3) is 0 Å². The predicted molar refractivity (Wildman–Crippen MR) is 107 cm³/mol. The fourth-order valence-electron chi connectivity index (χ4n) is 4.34. The summed E-state index contributed by atoms with van der Waals surface area (Å²) in [5.74, 6) is 1.06. The molecule has 0 aromatic carbocycles. The van der Waals surface area contributed by atoms with E-state index in [0.717, 1.165) is 49.3 Å². The highest BCUT2D eigenvalue weighted by Gasteiger charge is 2.40.